The lowest BCUT2D eigenvalue weighted by Crippen LogP contribution is -2.43. The van der Waals surface area contributed by atoms with Crippen LogP contribution in [0.15, 0.2) is 24.3 Å². The first-order chi connectivity index (χ1) is 9.02. The molecule has 1 aromatic carbocycles. The van der Waals surface area contributed by atoms with Gasteiger partial charge < -0.3 is 20.3 Å². The number of amides is 1. The zero-order chi connectivity index (χ0) is 14.3. The number of aliphatic carboxylic acids is 1. The monoisotopic (exact) mass is 287 g/mol. The first-order valence-corrected chi connectivity index (χ1v) is 5.92. The molecular formula is C12H14ClNO5. The Morgan fingerprint density at radius 2 is 2.16 bits per heavy atom. The quantitative estimate of drug-likeness (QED) is 0.685. The summed E-state index contributed by atoms with van der Waals surface area (Å²) in [4.78, 5) is 22.2. The maximum atomic E-state index is 11.5. The molecule has 19 heavy (non-hydrogen) atoms. The summed E-state index contributed by atoms with van der Waals surface area (Å²) in [6, 6.07) is 5.37. The van der Waals surface area contributed by atoms with Crippen LogP contribution >= 0.6 is 11.6 Å². The van der Waals surface area contributed by atoms with E-state index in [1.165, 1.54) is 6.07 Å². The Balaban J connectivity index is 2.44. The first-order valence-electron chi connectivity index (χ1n) is 5.54. The summed E-state index contributed by atoms with van der Waals surface area (Å²) >= 11 is 5.74. The second-order valence-electron chi connectivity index (χ2n) is 3.72. The third kappa shape index (κ3) is 5.58. The number of halogens is 1. The van der Waals surface area contributed by atoms with E-state index in [1.54, 1.807) is 18.2 Å². The fourth-order valence-electron chi connectivity index (χ4n) is 1.33. The molecule has 6 nitrogen and oxygen atoms in total. The summed E-state index contributed by atoms with van der Waals surface area (Å²) in [7, 11) is 0. The smallest absolute Gasteiger partial charge is 0.326 e. The highest BCUT2D eigenvalue weighted by molar-refractivity contribution is 6.30. The highest BCUT2D eigenvalue weighted by Gasteiger charge is 2.19. The molecule has 1 amide bonds. The number of hydrogen-bond acceptors (Lipinski definition) is 4. The molecule has 0 heterocycles. The number of nitrogens with one attached hydrogen (secondary N) is 1. The summed E-state index contributed by atoms with van der Waals surface area (Å²) < 4.78 is 5.16. The van der Waals surface area contributed by atoms with Gasteiger partial charge in [-0.25, -0.2) is 4.79 Å². The third-order valence-electron chi connectivity index (χ3n) is 2.22. The molecule has 0 spiro atoms. The molecule has 0 unspecified atom stereocenters. The number of ether oxygens (including phenoxy) is 1. The lowest BCUT2D eigenvalue weighted by molar-refractivity contribution is -0.142. The van der Waals surface area contributed by atoms with Crippen LogP contribution in [-0.2, 0) is 9.59 Å². The van der Waals surface area contributed by atoms with Crippen LogP contribution < -0.4 is 10.1 Å². The number of aliphatic hydroxyl groups is 1. The Hall–Kier alpha value is -1.79. The van der Waals surface area contributed by atoms with Gasteiger partial charge in [0, 0.05) is 18.1 Å². The standard InChI is InChI=1S/C12H14ClNO5/c13-8-2-1-3-9(6-8)19-7-11(16)14-10(4-5-15)12(17)18/h1-3,6,10,15H,4-5,7H2,(H,14,16)(H,17,18)/t10-/m0/s1. The van der Waals surface area contributed by atoms with E-state index in [0.717, 1.165) is 0 Å². The fourth-order valence-corrected chi connectivity index (χ4v) is 1.51. The number of carboxylic acid groups (broad SMARTS) is 1. The zero-order valence-corrected chi connectivity index (χ0v) is 10.8. The highest BCUT2D eigenvalue weighted by atomic mass is 35.5. The predicted molar refractivity (Wildman–Crippen MR) is 68.2 cm³/mol. The van der Waals surface area contributed by atoms with Crippen LogP contribution in [0, 0.1) is 0 Å². The Morgan fingerprint density at radius 1 is 1.42 bits per heavy atom. The van der Waals surface area contributed by atoms with E-state index in [9.17, 15) is 9.59 Å². The van der Waals surface area contributed by atoms with Crippen molar-refractivity contribution in [3.8, 4) is 5.75 Å². The van der Waals surface area contributed by atoms with E-state index < -0.39 is 17.9 Å². The molecule has 1 atom stereocenters. The SMILES string of the molecule is O=C(COc1cccc(Cl)c1)N[C@@H](CCO)C(=O)O. The summed E-state index contributed by atoms with van der Waals surface area (Å²) in [5.41, 5.74) is 0. The van der Waals surface area contributed by atoms with Gasteiger partial charge in [0.1, 0.15) is 11.8 Å². The molecule has 0 radical (unpaired) electrons. The molecule has 0 saturated heterocycles. The van der Waals surface area contributed by atoms with Crippen molar-refractivity contribution in [1.82, 2.24) is 5.32 Å². The molecule has 1 rings (SSSR count). The van der Waals surface area contributed by atoms with Gasteiger partial charge in [-0.3, -0.25) is 4.79 Å². The molecule has 0 aromatic heterocycles. The number of hydrogen-bond donors (Lipinski definition) is 3. The second kappa shape index (κ2) is 7.60. The number of aliphatic hydroxyl groups excluding tert-OH is 1. The minimum Gasteiger partial charge on any atom is -0.484 e. The van der Waals surface area contributed by atoms with Crippen LogP contribution in [0.5, 0.6) is 5.75 Å². The van der Waals surface area contributed by atoms with Gasteiger partial charge in [0.25, 0.3) is 5.91 Å². The Kier molecular flexibility index (Phi) is 6.11. The zero-order valence-electron chi connectivity index (χ0n) is 10.0. The molecule has 7 heteroatoms. The number of carbonyl (C=O) groups excluding carboxylic acids is 1. The fraction of sp³-hybridized carbons (Fsp3) is 0.333. The molecule has 0 aliphatic rings. The molecule has 0 aliphatic heterocycles. The second-order valence-corrected chi connectivity index (χ2v) is 4.15. The molecule has 0 saturated carbocycles. The van der Waals surface area contributed by atoms with E-state index in [-0.39, 0.29) is 19.6 Å². The lowest BCUT2D eigenvalue weighted by Gasteiger charge is -2.13. The van der Waals surface area contributed by atoms with Crippen molar-refractivity contribution in [2.24, 2.45) is 0 Å². The van der Waals surface area contributed by atoms with E-state index in [2.05, 4.69) is 5.32 Å². The normalized spacial score (nSPS) is 11.7. The minimum atomic E-state index is -1.20. The predicted octanol–water partition coefficient (Wildman–Crippen LogP) is 0.671. The average molecular weight is 288 g/mol. The van der Waals surface area contributed by atoms with Crippen molar-refractivity contribution in [2.75, 3.05) is 13.2 Å². The summed E-state index contributed by atoms with van der Waals surface area (Å²) in [6.45, 7) is -0.651. The number of carboxylic acids is 1. The van der Waals surface area contributed by atoms with Gasteiger partial charge >= 0.3 is 5.97 Å². The van der Waals surface area contributed by atoms with Crippen LogP contribution in [0.25, 0.3) is 0 Å². The van der Waals surface area contributed by atoms with Gasteiger partial charge in [-0.2, -0.15) is 0 Å². The van der Waals surface area contributed by atoms with Crippen LogP contribution in [-0.4, -0.2) is 41.3 Å². The Labute approximate surface area is 114 Å². The van der Waals surface area contributed by atoms with Crippen molar-refractivity contribution in [3.63, 3.8) is 0 Å². The molecule has 1 aromatic rings. The van der Waals surface area contributed by atoms with Gasteiger partial charge in [-0.1, -0.05) is 17.7 Å². The number of benzene rings is 1. The lowest BCUT2D eigenvalue weighted by atomic mass is 10.2. The first kappa shape index (κ1) is 15.3. The maximum absolute atomic E-state index is 11.5. The summed E-state index contributed by atoms with van der Waals surface area (Å²) in [5.74, 6) is -1.37. The van der Waals surface area contributed by atoms with Crippen LogP contribution in [0.2, 0.25) is 5.02 Å². The highest BCUT2D eigenvalue weighted by Crippen LogP contribution is 2.16. The van der Waals surface area contributed by atoms with Crippen molar-refractivity contribution in [2.45, 2.75) is 12.5 Å². The molecule has 104 valence electrons. The maximum Gasteiger partial charge on any atom is 0.326 e. The van der Waals surface area contributed by atoms with Gasteiger partial charge in [0.2, 0.25) is 0 Å². The molecule has 0 fully saturated rings. The van der Waals surface area contributed by atoms with Gasteiger partial charge in [-0.05, 0) is 18.2 Å². The van der Waals surface area contributed by atoms with Crippen LogP contribution in [0.1, 0.15) is 6.42 Å². The van der Waals surface area contributed by atoms with E-state index in [1.807, 2.05) is 0 Å². The third-order valence-corrected chi connectivity index (χ3v) is 2.45. The van der Waals surface area contributed by atoms with E-state index in [0.29, 0.717) is 10.8 Å². The van der Waals surface area contributed by atoms with Crippen molar-refractivity contribution in [1.29, 1.82) is 0 Å². The number of carbonyl (C=O) groups is 2. The molecular weight excluding hydrogens is 274 g/mol. The van der Waals surface area contributed by atoms with E-state index >= 15 is 0 Å². The summed E-state index contributed by atoms with van der Waals surface area (Å²) in [5, 5.41) is 20.2. The molecule has 0 bridgehead atoms. The Morgan fingerprint density at radius 3 is 2.74 bits per heavy atom. The summed E-state index contributed by atoms with van der Waals surface area (Å²) in [6.07, 6.45) is -0.0573. The largest absolute Gasteiger partial charge is 0.484 e. The topological polar surface area (TPSA) is 95.9 Å². The van der Waals surface area contributed by atoms with Gasteiger partial charge in [-0.15, -0.1) is 0 Å². The average Bonchev–Trinajstić information content (AvgIpc) is 2.36. The van der Waals surface area contributed by atoms with Gasteiger partial charge in [0.15, 0.2) is 6.61 Å². The van der Waals surface area contributed by atoms with Crippen molar-refractivity contribution >= 4 is 23.5 Å². The Bertz CT molecular complexity index is 452. The van der Waals surface area contributed by atoms with Crippen molar-refractivity contribution in [3.05, 3.63) is 29.3 Å². The number of rotatable bonds is 7. The van der Waals surface area contributed by atoms with Crippen LogP contribution in [0.4, 0.5) is 0 Å². The van der Waals surface area contributed by atoms with Crippen LogP contribution in [0.3, 0.4) is 0 Å². The van der Waals surface area contributed by atoms with Crippen molar-refractivity contribution < 1.29 is 24.5 Å². The molecule has 0 aliphatic carbocycles. The minimum absolute atomic E-state index is 0.0573. The van der Waals surface area contributed by atoms with E-state index in [4.69, 9.17) is 26.6 Å². The van der Waals surface area contributed by atoms with Gasteiger partial charge in [0.05, 0.1) is 0 Å². The molecule has 3 N–H and O–H groups in total.